The highest BCUT2D eigenvalue weighted by atomic mass is 19.1. The summed E-state index contributed by atoms with van der Waals surface area (Å²) < 4.78 is 26.6. The third kappa shape index (κ3) is 4.77. The third-order valence-electron chi connectivity index (χ3n) is 5.29. The number of carbonyl (C=O) groups is 2. The number of nitrogens with zero attached hydrogens (tertiary/aromatic N) is 2. The zero-order valence-corrected chi connectivity index (χ0v) is 18.7. The van der Waals surface area contributed by atoms with Crippen molar-refractivity contribution in [3.05, 3.63) is 60.0 Å². The highest BCUT2D eigenvalue weighted by Crippen LogP contribution is 2.32. The largest absolute Gasteiger partial charge is 0.487 e. The second-order valence-corrected chi connectivity index (χ2v) is 9.11. The SMILES string of the molecule is CN(C(=O)C1CC1)c1ccc(OCc2cc3ccc(F)cc3n2C(=O)OC(C)(C)C)cc1. The molecule has 0 unspecified atom stereocenters. The summed E-state index contributed by atoms with van der Waals surface area (Å²) >= 11 is 0. The molecule has 1 fully saturated rings. The first-order valence-electron chi connectivity index (χ1n) is 10.7. The zero-order valence-electron chi connectivity index (χ0n) is 18.7. The summed E-state index contributed by atoms with van der Waals surface area (Å²) in [7, 11) is 1.77. The monoisotopic (exact) mass is 438 g/mol. The molecule has 0 radical (unpaired) electrons. The van der Waals surface area contributed by atoms with Crippen LogP contribution < -0.4 is 9.64 Å². The molecule has 2 aromatic carbocycles. The molecule has 6 nitrogen and oxygen atoms in total. The number of hydrogen-bond acceptors (Lipinski definition) is 4. The molecule has 1 aliphatic carbocycles. The van der Waals surface area contributed by atoms with E-state index in [1.165, 1.54) is 16.7 Å². The van der Waals surface area contributed by atoms with E-state index in [4.69, 9.17) is 9.47 Å². The quantitative estimate of drug-likeness (QED) is 0.527. The fourth-order valence-electron chi connectivity index (χ4n) is 3.52. The van der Waals surface area contributed by atoms with Crippen molar-refractivity contribution in [3.63, 3.8) is 0 Å². The van der Waals surface area contributed by atoms with Crippen molar-refractivity contribution in [2.45, 2.75) is 45.8 Å². The predicted molar refractivity (Wildman–Crippen MR) is 120 cm³/mol. The van der Waals surface area contributed by atoms with E-state index in [1.807, 2.05) is 12.1 Å². The third-order valence-corrected chi connectivity index (χ3v) is 5.29. The molecule has 0 N–H and O–H groups in total. The molecule has 1 amide bonds. The number of anilines is 1. The van der Waals surface area contributed by atoms with Gasteiger partial charge in [-0.1, -0.05) is 0 Å². The van der Waals surface area contributed by atoms with Crippen LogP contribution in [0.1, 0.15) is 39.3 Å². The normalized spacial score (nSPS) is 13.8. The van der Waals surface area contributed by atoms with Crippen molar-refractivity contribution in [1.29, 1.82) is 0 Å². The Morgan fingerprint density at radius 2 is 1.78 bits per heavy atom. The molecule has 3 aromatic rings. The van der Waals surface area contributed by atoms with Gasteiger partial charge in [-0.2, -0.15) is 0 Å². The van der Waals surface area contributed by atoms with Crippen molar-refractivity contribution in [3.8, 4) is 5.75 Å². The summed E-state index contributed by atoms with van der Waals surface area (Å²) in [6.45, 7) is 5.42. The van der Waals surface area contributed by atoms with Gasteiger partial charge in [-0.25, -0.2) is 13.8 Å². The number of fused-ring (bicyclic) bond motifs is 1. The van der Waals surface area contributed by atoms with E-state index in [1.54, 1.807) is 57.0 Å². The first-order valence-corrected chi connectivity index (χ1v) is 10.7. The van der Waals surface area contributed by atoms with Gasteiger partial charge in [0.05, 0.1) is 11.2 Å². The maximum absolute atomic E-state index is 13.9. The lowest BCUT2D eigenvalue weighted by Gasteiger charge is -2.21. The molecule has 1 aliphatic rings. The number of ether oxygens (including phenoxy) is 2. The minimum Gasteiger partial charge on any atom is -0.487 e. The first-order chi connectivity index (χ1) is 15.1. The summed E-state index contributed by atoms with van der Waals surface area (Å²) in [5.74, 6) is 0.435. The van der Waals surface area contributed by atoms with Gasteiger partial charge in [0.2, 0.25) is 5.91 Å². The van der Waals surface area contributed by atoms with Crippen molar-refractivity contribution >= 4 is 28.6 Å². The van der Waals surface area contributed by atoms with E-state index in [0.29, 0.717) is 22.3 Å². The standard InChI is InChI=1S/C25H27FN2O4/c1-25(2,3)32-24(30)28-20(13-17-7-8-18(26)14-22(17)28)15-31-21-11-9-19(10-12-21)27(4)23(29)16-5-6-16/h7-14,16H,5-6,15H2,1-4H3. The summed E-state index contributed by atoms with van der Waals surface area (Å²) in [4.78, 5) is 26.7. The number of rotatable bonds is 5. The second-order valence-electron chi connectivity index (χ2n) is 9.11. The molecular formula is C25H27FN2O4. The van der Waals surface area contributed by atoms with Crippen LogP contribution in [0.15, 0.2) is 48.5 Å². The number of halogens is 1. The van der Waals surface area contributed by atoms with Gasteiger partial charge in [-0.3, -0.25) is 4.79 Å². The van der Waals surface area contributed by atoms with Crippen molar-refractivity contribution < 1.29 is 23.5 Å². The Bertz CT molecular complexity index is 1160. The zero-order chi connectivity index (χ0) is 23.0. The molecule has 1 aromatic heterocycles. The van der Waals surface area contributed by atoms with Crippen molar-refractivity contribution in [1.82, 2.24) is 4.57 Å². The van der Waals surface area contributed by atoms with Crippen LogP contribution in [0.4, 0.5) is 14.9 Å². The minimum atomic E-state index is -0.696. The van der Waals surface area contributed by atoms with Gasteiger partial charge in [0.1, 0.15) is 23.8 Å². The van der Waals surface area contributed by atoms with E-state index < -0.39 is 17.5 Å². The lowest BCUT2D eigenvalue weighted by Crippen LogP contribution is -2.28. The molecule has 1 heterocycles. The van der Waals surface area contributed by atoms with Crippen LogP contribution >= 0.6 is 0 Å². The van der Waals surface area contributed by atoms with Crippen LogP contribution in [0.2, 0.25) is 0 Å². The maximum atomic E-state index is 13.9. The van der Waals surface area contributed by atoms with Gasteiger partial charge in [0.15, 0.2) is 0 Å². The molecule has 0 spiro atoms. The maximum Gasteiger partial charge on any atom is 0.419 e. The second kappa shape index (κ2) is 8.30. The summed E-state index contributed by atoms with van der Waals surface area (Å²) in [5, 5.41) is 0.714. The Morgan fingerprint density at radius 1 is 1.09 bits per heavy atom. The first kappa shape index (κ1) is 21.9. The van der Waals surface area contributed by atoms with Gasteiger partial charge >= 0.3 is 6.09 Å². The Kier molecular flexibility index (Phi) is 5.67. The summed E-state index contributed by atoms with van der Waals surface area (Å²) in [5.41, 5.74) is 1.07. The van der Waals surface area contributed by atoms with Gasteiger partial charge in [-0.15, -0.1) is 0 Å². The number of hydrogen-bond donors (Lipinski definition) is 0. The Morgan fingerprint density at radius 3 is 2.41 bits per heavy atom. The van der Waals surface area contributed by atoms with Gasteiger partial charge in [-0.05, 0) is 82.1 Å². The molecule has 1 saturated carbocycles. The average molecular weight is 438 g/mol. The van der Waals surface area contributed by atoms with E-state index in [2.05, 4.69) is 0 Å². The molecule has 0 bridgehead atoms. The number of benzene rings is 2. The summed E-state index contributed by atoms with van der Waals surface area (Å²) in [6.07, 6.45) is 1.33. The van der Waals surface area contributed by atoms with Crippen LogP contribution in [-0.4, -0.2) is 29.2 Å². The van der Waals surface area contributed by atoms with E-state index in [-0.39, 0.29) is 18.4 Å². The smallest absolute Gasteiger partial charge is 0.419 e. The molecule has 0 aliphatic heterocycles. The molecule has 168 valence electrons. The minimum absolute atomic E-state index is 0.0890. The van der Waals surface area contributed by atoms with Crippen LogP contribution in [0.5, 0.6) is 5.75 Å². The fraction of sp³-hybridized carbons (Fsp3) is 0.360. The number of carbonyl (C=O) groups excluding carboxylic acids is 2. The highest BCUT2D eigenvalue weighted by Gasteiger charge is 2.32. The lowest BCUT2D eigenvalue weighted by molar-refractivity contribution is -0.119. The highest BCUT2D eigenvalue weighted by molar-refractivity contribution is 5.96. The number of aromatic nitrogens is 1. The lowest BCUT2D eigenvalue weighted by atomic mass is 10.2. The van der Waals surface area contributed by atoms with Gasteiger partial charge in [0, 0.05) is 24.0 Å². The Balaban J connectivity index is 1.54. The molecule has 0 atom stereocenters. The Hall–Kier alpha value is -3.35. The fourth-order valence-corrected chi connectivity index (χ4v) is 3.52. The molecular weight excluding hydrogens is 411 g/mol. The topological polar surface area (TPSA) is 60.8 Å². The van der Waals surface area contributed by atoms with Crippen molar-refractivity contribution in [2.75, 3.05) is 11.9 Å². The summed E-state index contributed by atoms with van der Waals surface area (Å²) in [6, 6.07) is 13.3. The van der Waals surface area contributed by atoms with E-state index >= 15 is 0 Å². The van der Waals surface area contributed by atoms with Crippen LogP contribution in [0, 0.1) is 11.7 Å². The average Bonchev–Trinajstić information content (AvgIpc) is 3.51. The molecule has 32 heavy (non-hydrogen) atoms. The molecule has 4 rings (SSSR count). The predicted octanol–water partition coefficient (Wildman–Crippen LogP) is 5.52. The number of amides is 1. The van der Waals surface area contributed by atoms with Gasteiger partial charge < -0.3 is 14.4 Å². The van der Waals surface area contributed by atoms with E-state index in [0.717, 1.165) is 18.5 Å². The van der Waals surface area contributed by atoms with Crippen LogP contribution in [0.3, 0.4) is 0 Å². The van der Waals surface area contributed by atoms with E-state index in [9.17, 15) is 14.0 Å². The van der Waals surface area contributed by atoms with Gasteiger partial charge in [0.25, 0.3) is 0 Å². The Labute approximate surface area is 186 Å². The molecule has 7 heteroatoms. The molecule has 0 saturated heterocycles. The van der Waals surface area contributed by atoms with Crippen LogP contribution in [0.25, 0.3) is 10.9 Å². The van der Waals surface area contributed by atoms with Crippen LogP contribution in [-0.2, 0) is 16.1 Å². The van der Waals surface area contributed by atoms with Crippen molar-refractivity contribution in [2.24, 2.45) is 5.92 Å².